The average Bonchev–Trinajstić information content (AvgIpc) is 3.23. The van der Waals surface area contributed by atoms with E-state index < -0.39 is 28.3 Å². The average molecular weight is 522 g/mol. The zero-order valence-electron chi connectivity index (χ0n) is 22.5. The first-order valence-electron chi connectivity index (χ1n) is 12.2. The van der Waals surface area contributed by atoms with Crippen LogP contribution in [0, 0.1) is 15.6 Å². The minimum Gasteiger partial charge on any atom is -0.443 e. The van der Waals surface area contributed by atoms with E-state index in [1.165, 1.54) is 4.57 Å². The molecule has 0 aliphatic carbocycles. The minimum absolute atomic E-state index is 0.0285. The second-order valence-corrected chi connectivity index (χ2v) is 10.7. The molecular formula is C26H39N3O6S. The van der Waals surface area contributed by atoms with Gasteiger partial charge in [-0.3, -0.25) is 14.4 Å². The van der Waals surface area contributed by atoms with Gasteiger partial charge in [-0.1, -0.05) is 13.0 Å². The number of carbonyl (C=O) groups is 2. The Morgan fingerprint density at radius 1 is 1.08 bits per heavy atom. The maximum atomic E-state index is 13.5. The van der Waals surface area contributed by atoms with Gasteiger partial charge in [-0.15, -0.1) is 6.58 Å². The van der Waals surface area contributed by atoms with Crippen LogP contribution in [0.15, 0.2) is 29.7 Å². The van der Waals surface area contributed by atoms with Gasteiger partial charge in [0.15, 0.2) is 18.2 Å². The number of hydrogen-bond acceptors (Lipinski definition) is 7. The summed E-state index contributed by atoms with van der Waals surface area (Å²) in [6.45, 7) is 16.9. The van der Waals surface area contributed by atoms with Gasteiger partial charge in [-0.25, -0.2) is 4.57 Å². The summed E-state index contributed by atoms with van der Waals surface area (Å²) in [5.74, 6) is -0.826. The molecule has 0 spiro atoms. The molecule has 0 bridgehead atoms. The number of aromatic nitrogens is 3. The van der Waals surface area contributed by atoms with Crippen LogP contribution in [0.4, 0.5) is 0 Å². The molecule has 200 valence electrons. The van der Waals surface area contributed by atoms with Crippen molar-refractivity contribution in [3.8, 4) is 0 Å². The van der Waals surface area contributed by atoms with Crippen LogP contribution in [-0.2, 0) is 43.8 Å². The van der Waals surface area contributed by atoms with Gasteiger partial charge in [0.25, 0.3) is 5.56 Å². The lowest BCUT2D eigenvalue weighted by Gasteiger charge is -2.22. The molecule has 2 aromatic rings. The van der Waals surface area contributed by atoms with E-state index in [1.807, 2.05) is 20.8 Å². The summed E-state index contributed by atoms with van der Waals surface area (Å²) in [5.41, 5.74) is -1.01. The molecule has 0 atom stereocenters. The van der Waals surface area contributed by atoms with Gasteiger partial charge in [0.2, 0.25) is 0 Å². The predicted molar refractivity (Wildman–Crippen MR) is 141 cm³/mol. The molecule has 9 nitrogen and oxygen atoms in total. The number of ether oxygens (including phenoxy) is 3. The second kappa shape index (κ2) is 12.0. The first-order valence-corrected chi connectivity index (χ1v) is 12.6. The van der Waals surface area contributed by atoms with E-state index in [0.717, 1.165) is 0 Å². The van der Waals surface area contributed by atoms with Gasteiger partial charge in [0.1, 0.15) is 5.52 Å². The minimum atomic E-state index is -0.743. The smallest absolute Gasteiger partial charge is 0.313 e. The number of fused-ring (bicyclic) bond motifs is 1. The second-order valence-electron chi connectivity index (χ2n) is 10.3. The molecule has 0 N–H and O–H groups in total. The Kier molecular flexibility index (Phi) is 9.85. The molecule has 2 rings (SSSR count). The zero-order valence-corrected chi connectivity index (χ0v) is 23.3. The number of allylic oxidation sites excluding steroid dienone is 1. The van der Waals surface area contributed by atoms with Gasteiger partial charge in [0.05, 0.1) is 29.1 Å². The molecule has 2 heterocycles. The van der Waals surface area contributed by atoms with E-state index in [0.29, 0.717) is 31.5 Å². The van der Waals surface area contributed by atoms with Crippen molar-refractivity contribution >= 4 is 35.2 Å². The molecule has 0 saturated carbocycles. The molecule has 0 amide bonds. The van der Waals surface area contributed by atoms with Gasteiger partial charge in [0, 0.05) is 12.7 Å². The molecule has 10 heteroatoms. The number of esters is 2. The number of rotatable bonds is 13. The Morgan fingerprint density at radius 3 is 2.28 bits per heavy atom. The molecule has 0 aliphatic heterocycles. The van der Waals surface area contributed by atoms with E-state index >= 15 is 0 Å². The van der Waals surface area contributed by atoms with Crippen molar-refractivity contribution in [2.24, 2.45) is 10.8 Å². The zero-order chi connectivity index (χ0) is 27.3. The topological polar surface area (TPSA) is 93.7 Å². The van der Waals surface area contributed by atoms with Crippen molar-refractivity contribution in [1.82, 2.24) is 13.7 Å². The van der Waals surface area contributed by atoms with Crippen molar-refractivity contribution in [1.29, 1.82) is 0 Å². The summed E-state index contributed by atoms with van der Waals surface area (Å²) >= 11 is 5.63. The SMILES string of the molecule is C=CCC(C)(C)C(=O)OCn1ccc2c1c(=O)n(COC(=O)C(C)(C)CC)c(=S)n2CCOC(C)C. The lowest BCUT2D eigenvalue weighted by Crippen LogP contribution is -2.32. The van der Waals surface area contributed by atoms with Crippen LogP contribution in [-0.4, -0.2) is 38.4 Å². The summed E-state index contributed by atoms with van der Waals surface area (Å²) in [4.78, 5) is 38.7. The summed E-state index contributed by atoms with van der Waals surface area (Å²) in [6.07, 6.45) is 4.41. The fraction of sp³-hybridized carbons (Fsp3) is 0.615. The maximum absolute atomic E-state index is 13.5. The molecule has 0 aliphatic rings. The molecule has 0 fully saturated rings. The monoisotopic (exact) mass is 521 g/mol. The van der Waals surface area contributed by atoms with Gasteiger partial charge in [-0.05, 0) is 72.7 Å². The predicted octanol–water partition coefficient (Wildman–Crippen LogP) is 4.80. The third kappa shape index (κ3) is 6.73. The molecule has 2 aromatic heterocycles. The van der Waals surface area contributed by atoms with Crippen LogP contribution in [0.1, 0.15) is 61.3 Å². The first-order chi connectivity index (χ1) is 16.8. The Bertz CT molecular complexity index is 1220. The van der Waals surface area contributed by atoms with E-state index in [-0.39, 0.29) is 29.9 Å². The normalized spacial score (nSPS) is 12.2. The van der Waals surface area contributed by atoms with Crippen molar-refractivity contribution in [2.45, 2.75) is 87.4 Å². The third-order valence-corrected chi connectivity index (χ3v) is 6.65. The van der Waals surface area contributed by atoms with Crippen LogP contribution < -0.4 is 5.56 Å². The number of carbonyl (C=O) groups excluding carboxylic acids is 2. The highest BCUT2D eigenvalue weighted by Crippen LogP contribution is 2.24. The largest absolute Gasteiger partial charge is 0.443 e. The van der Waals surface area contributed by atoms with Crippen molar-refractivity contribution in [3.63, 3.8) is 0 Å². The lowest BCUT2D eigenvalue weighted by molar-refractivity contribution is -0.159. The van der Waals surface area contributed by atoms with Crippen LogP contribution in [0.2, 0.25) is 0 Å². The van der Waals surface area contributed by atoms with Crippen molar-refractivity contribution in [3.05, 3.63) is 40.0 Å². The van der Waals surface area contributed by atoms with Crippen LogP contribution in [0.5, 0.6) is 0 Å². The summed E-state index contributed by atoms with van der Waals surface area (Å²) in [6, 6.07) is 1.75. The fourth-order valence-electron chi connectivity index (χ4n) is 3.42. The Labute approximate surface area is 217 Å². The third-order valence-electron chi connectivity index (χ3n) is 6.21. The molecular weight excluding hydrogens is 482 g/mol. The van der Waals surface area contributed by atoms with Gasteiger partial charge >= 0.3 is 11.9 Å². The van der Waals surface area contributed by atoms with E-state index in [4.69, 9.17) is 26.4 Å². The van der Waals surface area contributed by atoms with Gasteiger partial charge < -0.3 is 23.3 Å². The molecule has 0 unspecified atom stereocenters. The Balaban J connectivity index is 2.50. The summed E-state index contributed by atoms with van der Waals surface area (Å²) in [5, 5.41) is 0. The first kappa shape index (κ1) is 29.5. The molecule has 0 aromatic carbocycles. The highest BCUT2D eigenvalue weighted by Gasteiger charge is 2.29. The number of hydrogen-bond donors (Lipinski definition) is 0. The van der Waals surface area contributed by atoms with E-state index in [1.54, 1.807) is 55.2 Å². The van der Waals surface area contributed by atoms with Crippen LogP contribution in [0.3, 0.4) is 0 Å². The molecule has 0 saturated heterocycles. The van der Waals surface area contributed by atoms with Crippen molar-refractivity contribution in [2.75, 3.05) is 6.61 Å². The maximum Gasteiger partial charge on any atom is 0.313 e. The Morgan fingerprint density at radius 2 is 1.69 bits per heavy atom. The van der Waals surface area contributed by atoms with Crippen LogP contribution in [0.25, 0.3) is 11.0 Å². The number of nitrogens with zero attached hydrogens (tertiary/aromatic N) is 3. The quantitative estimate of drug-likeness (QED) is 0.212. The summed E-state index contributed by atoms with van der Waals surface area (Å²) in [7, 11) is 0. The fourth-order valence-corrected chi connectivity index (χ4v) is 3.75. The standard InChI is InChI=1S/C26H39N3O6S/c1-9-12-26(7,8)23(32)34-16-27-13-11-19-20(27)21(30)29(17-35-22(31)25(5,6)10-2)24(36)28(19)14-15-33-18(3)4/h9,11,13,18H,1,10,12,14-17H2,2-8H3. The highest BCUT2D eigenvalue weighted by molar-refractivity contribution is 7.71. The lowest BCUT2D eigenvalue weighted by atomic mass is 9.90. The van der Waals surface area contributed by atoms with Crippen LogP contribution >= 0.6 is 12.2 Å². The summed E-state index contributed by atoms with van der Waals surface area (Å²) < 4.78 is 21.5. The molecule has 0 radical (unpaired) electrons. The Hall–Kier alpha value is -2.72. The van der Waals surface area contributed by atoms with Crippen molar-refractivity contribution < 1.29 is 23.8 Å². The van der Waals surface area contributed by atoms with E-state index in [2.05, 4.69) is 6.58 Å². The highest BCUT2D eigenvalue weighted by atomic mass is 32.1. The van der Waals surface area contributed by atoms with E-state index in [9.17, 15) is 14.4 Å². The van der Waals surface area contributed by atoms with Gasteiger partial charge in [-0.2, -0.15) is 0 Å². The molecule has 36 heavy (non-hydrogen) atoms.